The van der Waals surface area contributed by atoms with E-state index >= 15 is 0 Å². The number of ether oxygens (including phenoxy) is 1. The summed E-state index contributed by atoms with van der Waals surface area (Å²) in [7, 11) is 3.84. The normalized spacial score (nSPS) is 12.2. The molecule has 1 aromatic carbocycles. The number of likely N-dealkylation sites (N-methyl/N-ethyl adjacent to an activating group) is 1. The summed E-state index contributed by atoms with van der Waals surface area (Å²) in [4.78, 5) is 19.3. The molecular formula is C23H28F3N5O2. The van der Waals surface area contributed by atoms with Crippen LogP contribution in [0.5, 0.6) is 5.75 Å². The molecule has 33 heavy (non-hydrogen) atoms. The molecule has 0 spiro atoms. The van der Waals surface area contributed by atoms with Crippen molar-refractivity contribution in [1.29, 1.82) is 0 Å². The summed E-state index contributed by atoms with van der Waals surface area (Å²) in [6.07, 6.45) is 1.40. The van der Waals surface area contributed by atoms with Gasteiger partial charge in [-0.1, -0.05) is 0 Å². The van der Waals surface area contributed by atoms with E-state index in [-0.39, 0.29) is 29.0 Å². The molecule has 0 atom stereocenters. The van der Waals surface area contributed by atoms with E-state index in [1.807, 2.05) is 46.7 Å². The molecule has 7 nitrogen and oxygen atoms in total. The Bertz CT molecular complexity index is 1160. The fourth-order valence-corrected chi connectivity index (χ4v) is 3.79. The van der Waals surface area contributed by atoms with Crippen molar-refractivity contribution in [2.75, 3.05) is 20.6 Å². The molecular weight excluding hydrogens is 435 g/mol. The smallest absolute Gasteiger partial charge is 0.387 e. The molecule has 3 rings (SSSR count). The Morgan fingerprint density at radius 1 is 1.24 bits per heavy atom. The molecule has 0 fully saturated rings. The Balaban J connectivity index is 2.06. The Labute approximate surface area is 190 Å². The van der Waals surface area contributed by atoms with E-state index in [0.29, 0.717) is 23.1 Å². The first kappa shape index (κ1) is 24.5. The van der Waals surface area contributed by atoms with Crippen molar-refractivity contribution in [2.24, 2.45) is 0 Å². The summed E-state index contributed by atoms with van der Waals surface area (Å²) in [5.74, 6) is -1.14. The molecule has 1 amide bonds. The minimum absolute atomic E-state index is 0.0191. The zero-order valence-corrected chi connectivity index (χ0v) is 19.5. The molecule has 0 aliphatic heterocycles. The van der Waals surface area contributed by atoms with Gasteiger partial charge in [-0.2, -0.15) is 13.9 Å². The van der Waals surface area contributed by atoms with Crippen molar-refractivity contribution in [1.82, 2.24) is 25.0 Å². The number of benzene rings is 1. The Hall–Kier alpha value is -3.14. The van der Waals surface area contributed by atoms with E-state index in [1.54, 1.807) is 10.7 Å². The molecule has 0 saturated carbocycles. The highest BCUT2D eigenvalue weighted by molar-refractivity contribution is 5.99. The van der Waals surface area contributed by atoms with Crippen LogP contribution in [-0.4, -0.2) is 58.4 Å². The van der Waals surface area contributed by atoms with Gasteiger partial charge >= 0.3 is 6.61 Å². The second-order valence-electron chi connectivity index (χ2n) is 9.07. The minimum Gasteiger partial charge on any atom is -0.435 e. The molecule has 2 aromatic heterocycles. The van der Waals surface area contributed by atoms with Crippen LogP contribution in [0.3, 0.4) is 0 Å². The predicted octanol–water partition coefficient (Wildman–Crippen LogP) is 4.49. The molecule has 0 aliphatic carbocycles. The number of carbonyl (C=O) groups is 1. The molecule has 0 saturated heterocycles. The van der Waals surface area contributed by atoms with Crippen molar-refractivity contribution in [3.63, 3.8) is 0 Å². The summed E-state index contributed by atoms with van der Waals surface area (Å²) in [6, 6.07) is 4.85. The molecule has 2 heterocycles. The summed E-state index contributed by atoms with van der Waals surface area (Å²) < 4.78 is 45.9. The van der Waals surface area contributed by atoms with Gasteiger partial charge < -0.3 is 15.0 Å². The highest BCUT2D eigenvalue weighted by atomic mass is 19.3. The number of pyridine rings is 1. The average Bonchev–Trinajstić information content (AvgIpc) is 3.06. The van der Waals surface area contributed by atoms with Gasteiger partial charge in [-0.15, -0.1) is 0 Å². The van der Waals surface area contributed by atoms with E-state index in [9.17, 15) is 18.0 Å². The topological polar surface area (TPSA) is 72.3 Å². The Morgan fingerprint density at radius 3 is 2.55 bits per heavy atom. The van der Waals surface area contributed by atoms with Gasteiger partial charge in [0.15, 0.2) is 0 Å². The molecule has 0 unspecified atom stereocenters. The first-order valence-electron chi connectivity index (χ1n) is 10.5. The first-order valence-corrected chi connectivity index (χ1v) is 10.5. The van der Waals surface area contributed by atoms with Crippen molar-refractivity contribution in [3.05, 3.63) is 41.8 Å². The summed E-state index contributed by atoms with van der Waals surface area (Å²) in [5, 5.41) is 7.48. The third-order valence-electron chi connectivity index (χ3n) is 4.88. The number of hydrogen-bond acceptors (Lipinski definition) is 5. The van der Waals surface area contributed by atoms with Crippen LogP contribution < -0.4 is 10.1 Å². The lowest BCUT2D eigenvalue weighted by molar-refractivity contribution is -0.0498. The van der Waals surface area contributed by atoms with Crippen LogP contribution in [0, 0.1) is 5.82 Å². The molecule has 0 bridgehead atoms. The van der Waals surface area contributed by atoms with Gasteiger partial charge in [0, 0.05) is 29.9 Å². The highest BCUT2D eigenvalue weighted by Crippen LogP contribution is 2.33. The SMILES string of the molecule is CC(C)n1nc(-c2cc(OC(F)F)ccc2F)c2ncc(C(=O)NC(C)(C)CN(C)C)cc21. The maximum Gasteiger partial charge on any atom is 0.387 e. The number of amides is 1. The molecule has 178 valence electrons. The summed E-state index contributed by atoms with van der Waals surface area (Å²) in [6.45, 7) is 5.21. The van der Waals surface area contributed by atoms with Crippen molar-refractivity contribution < 1.29 is 22.7 Å². The van der Waals surface area contributed by atoms with Gasteiger partial charge in [0.05, 0.1) is 11.1 Å². The molecule has 1 N–H and O–H groups in total. The monoisotopic (exact) mass is 463 g/mol. The second-order valence-corrected chi connectivity index (χ2v) is 9.07. The molecule has 3 aromatic rings. The quantitative estimate of drug-likeness (QED) is 0.533. The van der Waals surface area contributed by atoms with E-state index in [2.05, 4.69) is 20.1 Å². The van der Waals surface area contributed by atoms with Gasteiger partial charge in [0.1, 0.15) is 22.8 Å². The number of hydrogen-bond donors (Lipinski definition) is 1. The standard InChI is InChI=1S/C23H28F3N5O2/c1-13(2)31-18-9-14(21(32)28-23(3,4)12-30(5)6)11-27-20(18)19(29-31)16-10-15(33-22(25)26)7-8-17(16)24/h7-11,13,22H,12H2,1-6H3,(H,28,32). The largest absolute Gasteiger partial charge is 0.435 e. The van der Waals surface area contributed by atoms with Gasteiger partial charge in [-0.3, -0.25) is 14.5 Å². The van der Waals surface area contributed by atoms with E-state index in [1.165, 1.54) is 12.3 Å². The van der Waals surface area contributed by atoms with E-state index in [4.69, 9.17) is 0 Å². The third kappa shape index (κ3) is 5.62. The number of nitrogens with one attached hydrogen (secondary N) is 1. The maximum absolute atomic E-state index is 14.6. The average molecular weight is 464 g/mol. The van der Waals surface area contributed by atoms with Crippen LogP contribution in [0.15, 0.2) is 30.5 Å². The van der Waals surface area contributed by atoms with Crippen LogP contribution in [-0.2, 0) is 0 Å². The number of carbonyl (C=O) groups excluding carboxylic acids is 1. The number of aromatic nitrogens is 3. The molecule has 0 aliphatic rings. The number of halogens is 3. The van der Waals surface area contributed by atoms with E-state index < -0.39 is 18.0 Å². The number of alkyl halides is 2. The Morgan fingerprint density at radius 2 is 1.94 bits per heavy atom. The number of fused-ring (bicyclic) bond motifs is 1. The van der Waals surface area contributed by atoms with Crippen LogP contribution in [0.4, 0.5) is 13.2 Å². The summed E-state index contributed by atoms with van der Waals surface area (Å²) in [5.41, 5.74) is 0.884. The fourth-order valence-electron chi connectivity index (χ4n) is 3.79. The van der Waals surface area contributed by atoms with Crippen LogP contribution in [0.25, 0.3) is 22.3 Å². The van der Waals surface area contributed by atoms with Crippen molar-refractivity contribution >= 4 is 16.9 Å². The Kier molecular flexibility index (Phi) is 6.97. The molecule has 10 heteroatoms. The third-order valence-corrected chi connectivity index (χ3v) is 4.88. The lowest BCUT2D eigenvalue weighted by atomic mass is 10.0. The van der Waals surface area contributed by atoms with Gasteiger partial charge in [0.2, 0.25) is 0 Å². The predicted molar refractivity (Wildman–Crippen MR) is 120 cm³/mol. The van der Waals surface area contributed by atoms with Gasteiger partial charge in [-0.05, 0) is 66.1 Å². The van der Waals surface area contributed by atoms with Crippen LogP contribution >= 0.6 is 0 Å². The maximum atomic E-state index is 14.6. The van der Waals surface area contributed by atoms with Gasteiger partial charge in [0.25, 0.3) is 5.91 Å². The van der Waals surface area contributed by atoms with Crippen LogP contribution in [0.2, 0.25) is 0 Å². The minimum atomic E-state index is -3.04. The number of rotatable bonds is 8. The lowest BCUT2D eigenvalue weighted by Gasteiger charge is -2.29. The number of nitrogens with zero attached hydrogens (tertiary/aromatic N) is 4. The van der Waals surface area contributed by atoms with Gasteiger partial charge in [-0.25, -0.2) is 4.39 Å². The zero-order valence-electron chi connectivity index (χ0n) is 19.5. The second kappa shape index (κ2) is 9.38. The molecule has 0 radical (unpaired) electrons. The first-order chi connectivity index (χ1) is 15.4. The highest BCUT2D eigenvalue weighted by Gasteiger charge is 2.24. The zero-order chi connectivity index (χ0) is 24.5. The van der Waals surface area contributed by atoms with Crippen LogP contribution in [0.1, 0.15) is 44.1 Å². The lowest BCUT2D eigenvalue weighted by Crippen LogP contribution is -2.50. The van der Waals surface area contributed by atoms with E-state index in [0.717, 1.165) is 12.1 Å². The summed E-state index contributed by atoms with van der Waals surface area (Å²) >= 11 is 0. The van der Waals surface area contributed by atoms with Crippen molar-refractivity contribution in [3.8, 4) is 17.0 Å². The van der Waals surface area contributed by atoms with Crippen molar-refractivity contribution in [2.45, 2.75) is 45.9 Å². The fraction of sp³-hybridized carbons (Fsp3) is 0.435.